The zero-order valence-electron chi connectivity index (χ0n) is 16.6. The first kappa shape index (κ1) is 21.3. The van der Waals surface area contributed by atoms with E-state index in [0.717, 1.165) is 47.4 Å². The van der Waals surface area contributed by atoms with Gasteiger partial charge in [0.2, 0.25) is 0 Å². The van der Waals surface area contributed by atoms with E-state index in [1.54, 1.807) is 29.1 Å². The van der Waals surface area contributed by atoms with Gasteiger partial charge in [0.1, 0.15) is 23.5 Å². The fourth-order valence-electron chi connectivity index (χ4n) is 3.39. The molecule has 0 saturated carbocycles. The van der Waals surface area contributed by atoms with Gasteiger partial charge >= 0.3 is 6.03 Å². The van der Waals surface area contributed by atoms with Crippen LogP contribution in [0.3, 0.4) is 0 Å². The summed E-state index contributed by atoms with van der Waals surface area (Å²) in [5, 5.41) is 12.6. The fourth-order valence-corrected chi connectivity index (χ4v) is 3.95. The minimum atomic E-state index is -0.858. The Morgan fingerprint density at radius 1 is 1.26 bits per heavy atom. The summed E-state index contributed by atoms with van der Waals surface area (Å²) in [5.41, 5.74) is 1.88. The lowest BCUT2D eigenvalue weighted by Crippen LogP contribution is -2.21. The fraction of sp³-hybridized carbons (Fsp3) is 0.238. The number of nitrogens with one attached hydrogen (secondary N) is 3. The molecule has 0 bridgehead atoms. The van der Waals surface area contributed by atoms with Crippen molar-refractivity contribution >= 4 is 33.3 Å². The third-order valence-corrected chi connectivity index (χ3v) is 5.46. The number of aromatic nitrogens is 2. The number of urea groups is 1. The Morgan fingerprint density at radius 3 is 2.77 bits per heavy atom. The minimum Gasteiger partial charge on any atom is -0.488 e. The average Bonchev–Trinajstić information content (AvgIpc) is 3.35. The molecule has 0 spiro atoms. The smallest absolute Gasteiger partial charge is 0.323 e. The van der Waals surface area contributed by atoms with E-state index in [1.807, 2.05) is 7.05 Å². The molecule has 10 heteroatoms. The Kier molecular flexibility index (Phi) is 6.19. The highest BCUT2D eigenvalue weighted by atomic mass is 79.9. The number of amides is 2. The van der Waals surface area contributed by atoms with Gasteiger partial charge in [0.15, 0.2) is 0 Å². The topological polar surface area (TPSA) is 80.2 Å². The van der Waals surface area contributed by atoms with Crippen molar-refractivity contribution in [2.24, 2.45) is 7.05 Å². The summed E-state index contributed by atoms with van der Waals surface area (Å²) in [6.45, 7) is 1.66. The summed E-state index contributed by atoms with van der Waals surface area (Å²) in [6.07, 6.45) is 2.63. The average molecular weight is 492 g/mol. The van der Waals surface area contributed by atoms with Crippen LogP contribution in [0, 0.1) is 11.6 Å². The Labute approximate surface area is 185 Å². The molecule has 1 aliphatic rings. The molecule has 1 aromatic heterocycles. The molecule has 2 heterocycles. The van der Waals surface area contributed by atoms with Crippen LogP contribution in [0.1, 0.15) is 6.42 Å². The summed E-state index contributed by atoms with van der Waals surface area (Å²) in [4.78, 5) is 12.4. The quantitative estimate of drug-likeness (QED) is 0.490. The van der Waals surface area contributed by atoms with Crippen molar-refractivity contribution in [2.45, 2.75) is 12.5 Å². The Bertz CT molecular complexity index is 1100. The summed E-state index contributed by atoms with van der Waals surface area (Å²) in [7, 11) is 1.81. The van der Waals surface area contributed by atoms with Crippen molar-refractivity contribution < 1.29 is 18.3 Å². The van der Waals surface area contributed by atoms with Gasteiger partial charge in [-0.05, 0) is 59.2 Å². The number of rotatable bonds is 5. The normalized spacial score (nSPS) is 15.7. The van der Waals surface area contributed by atoms with Crippen molar-refractivity contribution in [1.29, 1.82) is 0 Å². The molecule has 2 amide bonds. The summed E-state index contributed by atoms with van der Waals surface area (Å²) in [6, 6.07) is 7.52. The number of hydrogen-bond donors (Lipinski definition) is 3. The second-order valence-electron chi connectivity index (χ2n) is 7.11. The number of anilines is 2. The van der Waals surface area contributed by atoms with Gasteiger partial charge in [0.05, 0.1) is 22.1 Å². The van der Waals surface area contributed by atoms with Crippen LogP contribution < -0.4 is 20.7 Å². The second kappa shape index (κ2) is 9.03. The minimum absolute atomic E-state index is 0.0503. The monoisotopic (exact) mass is 491 g/mol. The third kappa shape index (κ3) is 4.86. The predicted octanol–water partition coefficient (Wildman–Crippen LogP) is 4.51. The number of nitrogens with zero attached hydrogens (tertiary/aromatic N) is 2. The summed E-state index contributed by atoms with van der Waals surface area (Å²) >= 11 is 3.51. The molecule has 7 nitrogen and oxygen atoms in total. The van der Waals surface area contributed by atoms with Gasteiger partial charge in [-0.1, -0.05) is 0 Å². The van der Waals surface area contributed by atoms with E-state index in [4.69, 9.17) is 4.74 Å². The maximum absolute atomic E-state index is 13.8. The maximum atomic E-state index is 13.8. The van der Waals surface area contributed by atoms with E-state index in [2.05, 4.69) is 37.0 Å². The summed E-state index contributed by atoms with van der Waals surface area (Å²) in [5.74, 6) is -0.917. The van der Waals surface area contributed by atoms with Crippen LogP contribution in [0.2, 0.25) is 0 Å². The first-order valence-electron chi connectivity index (χ1n) is 9.63. The number of ether oxygens (including phenoxy) is 1. The number of halogens is 3. The molecule has 31 heavy (non-hydrogen) atoms. The molecule has 162 valence electrons. The molecule has 1 atom stereocenters. The molecular formula is C21H20BrF2N5O2. The van der Waals surface area contributed by atoms with Crippen LogP contribution >= 0.6 is 15.9 Å². The lowest BCUT2D eigenvalue weighted by Gasteiger charge is -2.18. The van der Waals surface area contributed by atoms with E-state index >= 15 is 0 Å². The van der Waals surface area contributed by atoms with Crippen LogP contribution in [-0.4, -0.2) is 35.0 Å². The standard InChI is InChI=1S/C21H20BrF2N5O2/c1-29-20(16(22)11-26-29)15-9-13(3-5-19(15)31-14-6-7-25-10-14)27-21(30)28-18-4-2-12(23)8-17(18)24/h2-5,8-9,11,14,25H,6-7,10H2,1H3,(H2,27,28,30). The van der Waals surface area contributed by atoms with Crippen LogP contribution in [0.4, 0.5) is 25.0 Å². The van der Waals surface area contributed by atoms with Gasteiger partial charge in [0.25, 0.3) is 0 Å². The third-order valence-electron chi connectivity index (χ3n) is 4.87. The van der Waals surface area contributed by atoms with E-state index in [1.165, 1.54) is 0 Å². The van der Waals surface area contributed by atoms with Crippen LogP contribution in [-0.2, 0) is 7.05 Å². The molecule has 3 N–H and O–H groups in total. The van der Waals surface area contributed by atoms with Crippen molar-refractivity contribution in [3.05, 3.63) is 58.7 Å². The van der Waals surface area contributed by atoms with Crippen LogP contribution in [0.15, 0.2) is 47.1 Å². The molecule has 1 fully saturated rings. The molecule has 1 aliphatic heterocycles. The number of carbonyl (C=O) groups is 1. The maximum Gasteiger partial charge on any atom is 0.323 e. The molecule has 3 aromatic rings. The second-order valence-corrected chi connectivity index (χ2v) is 7.97. The predicted molar refractivity (Wildman–Crippen MR) is 117 cm³/mol. The van der Waals surface area contributed by atoms with Crippen molar-refractivity contribution in [2.75, 3.05) is 23.7 Å². The SMILES string of the molecule is Cn1ncc(Br)c1-c1cc(NC(=O)Nc2ccc(F)cc2F)ccc1OC1CCNC1. The molecule has 0 aliphatic carbocycles. The molecule has 0 radical (unpaired) electrons. The number of benzene rings is 2. The Balaban J connectivity index is 1.59. The first-order chi connectivity index (χ1) is 14.9. The van der Waals surface area contributed by atoms with Crippen molar-refractivity contribution in [1.82, 2.24) is 15.1 Å². The number of aryl methyl sites for hydroxylation is 1. The largest absolute Gasteiger partial charge is 0.488 e. The molecule has 4 rings (SSSR count). The van der Waals surface area contributed by atoms with Crippen molar-refractivity contribution in [3.63, 3.8) is 0 Å². The lowest BCUT2D eigenvalue weighted by molar-refractivity contribution is 0.224. The first-order valence-corrected chi connectivity index (χ1v) is 10.4. The number of carbonyl (C=O) groups excluding carboxylic acids is 1. The van der Waals surface area contributed by atoms with E-state index in [9.17, 15) is 13.6 Å². The Morgan fingerprint density at radius 2 is 2.10 bits per heavy atom. The zero-order chi connectivity index (χ0) is 22.0. The highest BCUT2D eigenvalue weighted by Gasteiger charge is 2.21. The van der Waals surface area contributed by atoms with Gasteiger partial charge < -0.3 is 20.7 Å². The van der Waals surface area contributed by atoms with Gasteiger partial charge in [-0.2, -0.15) is 5.10 Å². The summed E-state index contributed by atoms with van der Waals surface area (Å²) < 4.78 is 35.5. The van der Waals surface area contributed by atoms with Crippen LogP contribution in [0.25, 0.3) is 11.3 Å². The number of hydrogen-bond acceptors (Lipinski definition) is 4. The van der Waals surface area contributed by atoms with Crippen LogP contribution in [0.5, 0.6) is 5.75 Å². The Hall–Kier alpha value is -2.98. The highest BCUT2D eigenvalue weighted by Crippen LogP contribution is 2.37. The van der Waals surface area contributed by atoms with Gasteiger partial charge in [0, 0.05) is 30.9 Å². The molecule has 2 aromatic carbocycles. The van der Waals surface area contributed by atoms with E-state index in [0.29, 0.717) is 17.5 Å². The lowest BCUT2D eigenvalue weighted by atomic mass is 10.1. The van der Waals surface area contributed by atoms with Crippen molar-refractivity contribution in [3.8, 4) is 17.0 Å². The highest BCUT2D eigenvalue weighted by molar-refractivity contribution is 9.10. The zero-order valence-corrected chi connectivity index (χ0v) is 18.2. The van der Waals surface area contributed by atoms with Gasteiger partial charge in [-0.3, -0.25) is 4.68 Å². The molecular weight excluding hydrogens is 472 g/mol. The molecule has 1 saturated heterocycles. The van der Waals surface area contributed by atoms with Gasteiger partial charge in [-0.25, -0.2) is 13.6 Å². The van der Waals surface area contributed by atoms with E-state index in [-0.39, 0.29) is 11.8 Å². The van der Waals surface area contributed by atoms with E-state index < -0.39 is 17.7 Å². The molecule has 1 unspecified atom stereocenters. The van der Waals surface area contributed by atoms with Gasteiger partial charge in [-0.15, -0.1) is 0 Å².